The lowest BCUT2D eigenvalue weighted by Gasteiger charge is -2.15. The predicted octanol–water partition coefficient (Wildman–Crippen LogP) is 9.76. The molecule has 0 aromatic heterocycles. The molecule has 0 aliphatic heterocycles. The van der Waals surface area contributed by atoms with Gasteiger partial charge in [0.1, 0.15) is 0 Å². The Labute approximate surface area is 212 Å². The van der Waals surface area contributed by atoms with Gasteiger partial charge in [-0.1, -0.05) is 116 Å². The van der Waals surface area contributed by atoms with Crippen LogP contribution in [0.2, 0.25) is 0 Å². The summed E-state index contributed by atoms with van der Waals surface area (Å²) in [4.78, 5) is 0. The molecule has 0 aliphatic carbocycles. The highest BCUT2D eigenvalue weighted by atomic mass is 32.9. The van der Waals surface area contributed by atoms with Crippen LogP contribution in [-0.4, -0.2) is 19.8 Å². The van der Waals surface area contributed by atoms with E-state index in [2.05, 4.69) is 45.2 Å². The molecule has 0 spiro atoms. The van der Waals surface area contributed by atoms with Crippen LogP contribution in [0.15, 0.2) is 12.2 Å². The van der Waals surface area contributed by atoms with Crippen LogP contribution in [0.25, 0.3) is 0 Å². The van der Waals surface area contributed by atoms with Gasteiger partial charge in [0, 0.05) is 0 Å². The Balaban J connectivity index is 0. The van der Waals surface area contributed by atoms with Crippen LogP contribution in [0.4, 0.5) is 0 Å². The maximum atomic E-state index is 5.47. The van der Waals surface area contributed by atoms with Crippen molar-refractivity contribution in [2.75, 3.05) is 19.8 Å². The summed E-state index contributed by atoms with van der Waals surface area (Å²) in [5.74, 6) is 0. The van der Waals surface area contributed by atoms with Crippen molar-refractivity contribution >= 4 is 29.7 Å². The molecule has 0 heterocycles. The Morgan fingerprint density at radius 1 is 0.625 bits per heavy atom. The van der Waals surface area contributed by atoms with E-state index in [4.69, 9.17) is 26.6 Å². The average Bonchev–Trinajstić information content (AvgIpc) is 2.77. The van der Waals surface area contributed by atoms with Gasteiger partial charge in [0.25, 0.3) is 0 Å². The monoisotopic (exact) mass is 509 g/mol. The van der Waals surface area contributed by atoms with Gasteiger partial charge in [-0.3, -0.25) is 0 Å². The van der Waals surface area contributed by atoms with Gasteiger partial charge in [0.2, 0.25) is 5.69 Å². The molecule has 0 saturated carbocycles. The van der Waals surface area contributed by atoms with Crippen LogP contribution in [0, 0.1) is 0 Å². The van der Waals surface area contributed by atoms with Gasteiger partial charge < -0.3 is 14.8 Å². The highest BCUT2D eigenvalue weighted by Gasteiger charge is 2.11. The summed E-state index contributed by atoms with van der Waals surface area (Å²) in [5, 5.41) is 0. The summed E-state index contributed by atoms with van der Waals surface area (Å²) in [6.45, 7) is 8.71. The number of hydrogen-bond acceptors (Lipinski definition) is 4. The largest absolute Gasteiger partial charge is 0.330 e. The first kappa shape index (κ1) is 34.8. The van der Waals surface area contributed by atoms with Crippen LogP contribution in [0.5, 0.6) is 0 Å². The van der Waals surface area contributed by atoms with Gasteiger partial charge in [-0.25, -0.2) is 0 Å². The van der Waals surface area contributed by atoms with Crippen molar-refractivity contribution in [1.82, 2.24) is 0 Å². The Hall–Kier alpha value is 0.620. The molecule has 0 bridgehead atoms. The topological polar surface area (TPSA) is 44.5 Å². The minimum atomic E-state index is -2.22. The summed E-state index contributed by atoms with van der Waals surface area (Å²) in [6, 6.07) is 0. The number of hydrogen-bond donors (Lipinski definition) is 2. The van der Waals surface area contributed by atoms with E-state index in [0.717, 1.165) is 32.2 Å². The SMILES string of the molecule is CCCCCCCC/C=C\CCCCCCCCN.CCCCOP(=S)(S)OCCCC. The van der Waals surface area contributed by atoms with Crippen molar-refractivity contribution in [3.05, 3.63) is 12.2 Å². The second kappa shape index (κ2) is 29.7. The van der Waals surface area contributed by atoms with Gasteiger partial charge >= 0.3 is 0 Å². The zero-order valence-electron chi connectivity index (χ0n) is 21.7. The molecule has 0 aliphatic rings. The Bertz CT molecular complexity index is 409. The predicted molar refractivity (Wildman–Crippen MR) is 153 cm³/mol. The lowest BCUT2D eigenvalue weighted by molar-refractivity contribution is 0.253. The van der Waals surface area contributed by atoms with Gasteiger partial charge in [-0.15, -0.1) is 0 Å². The van der Waals surface area contributed by atoms with Crippen LogP contribution in [0.3, 0.4) is 0 Å². The second-order valence-corrected chi connectivity index (χ2v) is 13.9. The molecule has 0 fully saturated rings. The summed E-state index contributed by atoms with van der Waals surface area (Å²) >= 11 is 9.31. The first-order chi connectivity index (χ1) is 15.5. The number of thiol groups is 1. The van der Waals surface area contributed by atoms with Crippen molar-refractivity contribution < 1.29 is 9.05 Å². The minimum Gasteiger partial charge on any atom is -0.330 e. The second-order valence-electron chi connectivity index (χ2n) is 8.57. The maximum absolute atomic E-state index is 5.47. The molecule has 0 aromatic carbocycles. The van der Waals surface area contributed by atoms with E-state index in [-0.39, 0.29) is 0 Å². The standard InChI is InChI=1S/C18H37N.C8H19O2PS2/c1-2-3-4-5-6-7-8-9-10-11-12-13-14-15-16-17-18-19;1-3-5-7-9-11(12,13)10-8-6-4-2/h9-10H,2-8,11-19H2,1H3;3-8H2,1-2H3,(H,12,13)/b10-9-;. The fourth-order valence-corrected chi connectivity index (χ4v) is 4.81. The summed E-state index contributed by atoms with van der Waals surface area (Å²) in [5.41, 5.74) is 3.25. The van der Waals surface area contributed by atoms with Crippen LogP contribution >= 0.6 is 17.9 Å². The smallest absolute Gasteiger partial charge is 0.244 e. The third kappa shape index (κ3) is 32.8. The third-order valence-corrected chi connectivity index (χ3v) is 7.56. The Morgan fingerprint density at radius 3 is 1.41 bits per heavy atom. The molecule has 0 saturated heterocycles. The van der Waals surface area contributed by atoms with E-state index in [9.17, 15) is 0 Å². The van der Waals surface area contributed by atoms with E-state index in [1.54, 1.807) is 0 Å². The van der Waals surface area contributed by atoms with E-state index in [1.165, 1.54) is 89.9 Å². The molecule has 0 aromatic rings. The number of allylic oxidation sites excluding steroid dienone is 2. The lowest BCUT2D eigenvalue weighted by atomic mass is 10.1. The van der Waals surface area contributed by atoms with Crippen molar-refractivity contribution in [3.63, 3.8) is 0 Å². The quantitative estimate of drug-likeness (QED) is 0.0622. The molecule has 32 heavy (non-hydrogen) atoms. The molecular weight excluding hydrogens is 453 g/mol. The maximum Gasteiger partial charge on any atom is 0.244 e. The molecule has 0 unspecified atom stereocenters. The Kier molecular flexibility index (Phi) is 32.2. The molecule has 3 nitrogen and oxygen atoms in total. The zero-order chi connectivity index (χ0) is 24.2. The summed E-state index contributed by atoms with van der Waals surface area (Å²) in [6.07, 6.45) is 28.2. The first-order valence-electron chi connectivity index (χ1n) is 13.5. The van der Waals surface area contributed by atoms with Crippen molar-refractivity contribution in [2.45, 2.75) is 136 Å². The lowest BCUT2D eigenvalue weighted by Crippen LogP contribution is -1.97. The zero-order valence-corrected chi connectivity index (χ0v) is 24.3. The van der Waals surface area contributed by atoms with Gasteiger partial charge in [-0.05, 0) is 63.3 Å². The highest BCUT2D eigenvalue weighted by Crippen LogP contribution is 2.53. The van der Waals surface area contributed by atoms with Crippen LogP contribution in [0.1, 0.15) is 136 Å². The molecule has 0 rings (SSSR count). The molecule has 194 valence electrons. The van der Waals surface area contributed by atoms with E-state index in [1.807, 2.05) is 0 Å². The first-order valence-corrected chi connectivity index (χ1v) is 17.3. The number of nitrogens with two attached hydrogens (primary N) is 1. The molecule has 2 N–H and O–H groups in total. The van der Waals surface area contributed by atoms with E-state index in [0.29, 0.717) is 13.2 Å². The fraction of sp³-hybridized carbons (Fsp3) is 0.923. The average molecular weight is 510 g/mol. The van der Waals surface area contributed by atoms with Gasteiger partial charge in [0.15, 0.2) is 0 Å². The molecule has 0 amide bonds. The van der Waals surface area contributed by atoms with Crippen LogP contribution in [-0.2, 0) is 20.9 Å². The van der Waals surface area contributed by atoms with Crippen molar-refractivity contribution in [1.29, 1.82) is 0 Å². The van der Waals surface area contributed by atoms with E-state index >= 15 is 0 Å². The third-order valence-electron chi connectivity index (χ3n) is 5.22. The minimum absolute atomic E-state index is 0.670. The number of unbranched alkanes of at least 4 members (excludes halogenated alkanes) is 14. The summed E-state index contributed by atoms with van der Waals surface area (Å²) in [7, 11) is 0. The normalized spacial score (nSPS) is 11.7. The molecule has 6 heteroatoms. The van der Waals surface area contributed by atoms with Crippen molar-refractivity contribution in [3.8, 4) is 0 Å². The van der Waals surface area contributed by atoms with E-state index < -0.39 is 5.69 Å². The van der Waals surface area contributed by atoms with Crippen molar-refractivity contribution in [2.24, 2.45) is 5.73 Å². The number of rotatable bonds is 23. The molecule has 0 atom stereocenters. The van der Waals surface area contributed by atoms with Gasteiger partial charge in [0.05, 0.1) is 13.2 Å². The molecular formula is C26H56NO2PS2. The highest BCUT2D eigenvalue weighted by molar-refractivity contribution is 8.60. The van der Waals surface area contributed by atoms with Crippen LogP contribution < -0.4 is 5.73 Å². The van der Waals surface area contributed by atoms with Gasteiger partial charge in [-0.2, -0.15) is 0 Å². The summed E-state index contributed by atoms with van der Waals surface area (Å²) < 4.78 is 10.8. The fourth-order valence-electron chi connectivity index (χ4n) is 3.08. The molecule has 0 radical (unpaired) electrons. The Morgan fingerprint density at radius 2 is 1.00 bits per heavy atom.